The number of carbonyl (C=O) groups excluding carboxylic acids is 5. The summed E-state index contributed by atoms with van der Waals surface area (Å²) >= 11 is 0. The molecule has 0 fully saturated rings. The molecule has 0 spiro atoms. The van der Waals surface area contributed by atoms with Crippen molar-refractivity contribution in [2.75, 3.05) is 13.1 Å². The third kappa shape index (κ3) is 14.8. The van der Waals surface area contributed by atoms with Crippen molar-refractivity contribution in [3.63, 3.8) is 0 Å². The third-order valence-corrected chi connectivity index (χ3v) is 6.40. The molecule has 0 aliphatic rings. The highest BCUT2D eigenvalue weighted by Gasteiger charge is 2.31. The van der Waals surface area contributed by atoms with E-state index in [0.717, 1.165) is 5.56 Å². The summed E-state index contributed by atoms with van der Waals surface area (Å²) in [5.41, 5.74) is 27.8. The van der Waals surface area contributed by atoms with Gasteiger partial charge >= 0.3 is 0 Å². The topological polar surface area (TPSA) is 288 Å². The van der Waals surface area contributed by atoms with Crippen molar-refractivity contribution in [3.05, 3.63) is 35.9 Å². The van der Waals surface area contributed by atoms with Crippen LogP contribution in [-0.4, -0.2) is 78.7 Å². The summed E-state index contributed by atoms with van der Waals surface area (Å²) < 4.78 is 0. The number of hydrogen-bond donors (Lipinski definition) is 9. The highest BCUT2D eigenvalue weighted by molar-refractivity contribution is 5.95. The Kier molecular flexibility index (Phi) is 16.3. The molecule has 0 heterocycles. The summed E-state index contributed by atoms with van der Waals surface area (Å²) in [6.07, 6.45) is 0.995. The number of hydrogen-bond acceptors (Lipinski definition) is 7. The number of carbonyl (C=O) groups is 5. The number of primary amides is 1. The van der Waals surface area contributed by atoms with E-state index < -0.39 is 53.7 Å². The zero-order valence-electron chi connectivity index (χ0n) is 25.5. The van der Waals surface area contributed by atoms with E-state index in [4.69, 9.17) is 28.7 Å². The Morgan fingerprint density at radius 3 is 1.55 bits per heavy atom. The predicted octanol–water partition coefficient (Wildman–Crippen LogP) is -2.56. The van der Waals surface area contributed by atoms with E-state index in [-0.39, 0.29) is 50.2 Å². The van der Waals surface area contributed by atoms with Crippen LogP contribution in [0.2, 0.25) is 0 Å². The lowest BCUT2D eigenvalue weighted by Crippen LogP contribution is -2.58. The molecule has 244 valence electrons. The molecule has 0 aromatic heterocycles. The molecule has 16 heteroatoms. The van der Waals surface area contributed by atoms with Gasteiger partial charge in [-0.05, 0) is 37.2 Å². The van der Waals surface area contributed by atoms with Crippen molar-refractivity contribution in [1.29, 1.82) is 0 Å². The van der Waals surface area contributed by atoms with Crippen molar-refractivity contribution in [1.82, 2.24) is 21.3 Å². The van der Waals surface area contributed by atoms with Crippen molar-refractivity contribution in [3.8, 4) is 0 Å². The number of benzene rings is 1. The maximum absolute atomic E-state index is 13.6. The first-order valence-electron chi connectivity index (χ1n) is 14.3. The number of nitrogens with zero attached hydrogens (tertiary/aromatic N) is 2. The van der Waals surface area contributed by atoms with Crippen LogP contribution in [0.3, 0.4) is 0 Å². The van der Waals surface area contributed by atoms with E-state index in [2.05, 4.69) is 31.3 Å². The van der Waals surface area contributed by atoms with Gasteiger partial charge in [0.1, 0.15) is 24.2 Å². The molecule has 0 aliphatic carbocycles. The van der Waals surface area contributed by atoms with E-state index in [1.54, 1.807) is 26.0 Å². The molecule has 0 saturated carbocycles. The zero-order valence-corrected chi connectivity index (χ0v) is 25.5. The van der Waals surface area contributed by atoms with Crippen LogP contribution in [0.4, 0.5) is 0 Å². The first-order valence-corrected chi connectivity index (χ1v) is 14.3. The van der Waals surface area contributed by atoms with Crippen molar-refractivity contribution < 1.29 is 24.0 Å². The van der Waals surface area contributed by atoms with Crippen LogP contribution < -0.4 is 49.9 Å². The molecular weight excluding hydrogens is 570 g/mol. The molecule has 0 bridgehead atoms. The van der Waals surface area contributed by atoms with Gasteiger partial charge in [0.15, 0.2) is 11.9 Å². The summed E-state index contributed by atoms with van der Waals surface area (Å²) in [5, 5.41) is 10.6. The Morgan fingerprint density at radius 1 is 0.682 bits per heavy atom. The van der Waals surface area contributed by atoms with Gasteiger partial charge in [-0.1, -0.05) is 44.2 Å². The highest BCUT2D eigenvalue weighted by Crippen LogP contribution is 2.08. The molecule has 0 aliphatic heterocycles. The second-order valence-corrected chi connectivity index (χ2v) is 10.6. The van der Waals surface area contributed by atoms with Crippen LogP contribution >= 0.6 is 0 Å². The molecule has 16 nitrogen and oxygen atoms in total. The average Bonchev–Trinajstić information content (AvgIpc) is 2.93. The third-order valence-electron chi connectivity index (χ3n) is 6.40. The molecule has 0 unspecified atom stereocenters. The maximum atomic E-state index is 13.6. The molecule has 44 heavy (non-hydrogen) atoms. The Labute approximate surface area is 257 Å². The molecule has 14 N–H and O–H groups in total. The molecule has 5 amide bonds. The number of nitrogens with one attached hydrogen (secondary N) is 4. The maximum Gasteiger partial charge on any atom is 0.243 e. The van der Waals surface area contributed by atoms with Crippen LogP contribution in [0.5, 0.6) is 0 Å². The Hall–Kier alpha value is -4.89. The zero-order chi connectivity index (χ0) is 33.2. The van der Waals surface area contributed by atoms with Crippen LogP contribution in [0, 0.1) is 5.92 Å². The average molecular weight is 618 g/mol. The minimum Gasteiger partial charge on any atom is -0.370 e. The molecular formula is C28H47N11O5. The van der Waals surface area contributed by atoms with E-state index in [1.165, 1.54) is 6.92 Å². The quantitative estimate of drug-likeness (QED) is 0.0447. The Balaban J connectivity index is 3.23. The van der Waals surface area contributed by atoms with E-state index >= 15 is 0 Å². The lowest BCUT2D eigenvalue weighted by molar-refractivity contribution is -0.134. The molecule has 4 atom stereocenters. The van der Waals surface area contributed by atoms with Gasteiger partial charge in [0.05, 0.1) is 0 Å². The first-order chi connectivity index (χ1) is 20.7. The minimum absolute atomic E-state index is 0.102. The smallest absolute Gasteiger partial charge is 0.243 e. The van der Waals surface area contributed by atoms with Crippen molar-refractivity contribution in [2.45, 2.75) is 77.0 Å². The van der Waals surface area contributed by atoms with Crippen molar-refractivity contribution >= 4 is 41.5 Å². The number of amides is 5. The van der Waals surface area contributed by atoms with Gasteiger partial charge in [0.2, 0.25) is 29.5 Å². The van der Waals surface area contributed by atoms with Crippen LogP contribution in [0.25, 0.3) is 0 Å². The second kappa shape index (κ2) is 19.3. The fraction of sp³-hybridized carbons (Fsp3) is 0.536. The van der Waals surface area contributed by atoms with Crippen LogP contribution in [-0.2, 0) is 30.4 Å². The number of aliphatic imine (C=N–C) groups is 2. The summed E-state index contributed by atoms with van der Waals surface area (Å²) in [5.74, 6) is -3.65. The summed E-state index contributed by atoms with van der Waals surface area (Å²) in [6, 6.07) is 4.84. The SMILES string of the molecule is CC(=O)N[C@@H](Cc1ccccc1)C(=O)N[C@@H](CCCN=C(N)N)C(=O)N[C@@H](CCCN=C(N)N)C(=O)N[C@H](C(N)=O)C(C)C. The Morgan fingerprint density at radius 2 is 1.14 bits per heavy atom. The lowest BCUT2D eigenvalue weighted by Gasteiger charge is -2.27. The fourth-order valence-corrected chi connectivity index (χ4v) is 4.21. The predicted molar refractivity (Wildman–Crippen MR) is 167 cm³/mol. The molecule has 1 aromatic carbocycles. The summed E-state index contributed by atoms with van der Waals surface area (Å²) in [6.45, 7) is 5.07. The summed E-state index contributed by atoms with van der Waals surface area (Å²) in [7, 11) is 0. The highest BCUT2D eigenvalue weighted by atomic mass is 16.2. The summed E-state index contributed by atoms with van der Waals surface area (Å²) in [4.78, 5) is 71.8. The van der Waals surface area contributed by atoms with E-state index in [9.17, 15) is 24.0 Å². The first kappa shape index (κ1) is 37.1. The van der Waals surface area contributed by atoms with Gasteiger partial charge in [0, 0.05) is 26.4 Å². The van der Waals surface area contributed by atoms with E-state index in [0.29, 0.717) is 12.8 Å². The minimum atomic E-state index is -1.13. The van der Waals surface area contributed by atoms with Gasteiger partial charge in [-0.15, -0.1) is 0 Å². The van der Waals surface area contributed by atoms with Crippen LogP contribution in [0.1, 0.15) is 52.0 Å². The monoisotopic (exact) mass is 617 g/mol. The van der Waals surface area contributed by atoms with Crippen LogP contribution in [0.15, 0.2) is 40.3 Å². The number of nitrogens with two attached hydrogens (primary N) is 5. The fourth-order valence-electron chi connectivity index (χ4n) is 4.21. The number of guanidine groups is 2. The standard InChI is InChI=1S/C28H47N11O5/c1-16(2)22(23(29)41)39-25(43)20(12-8-14-35-28(32)33)37-24(42)19(11-7-13-34-27(30)31)38-26(44)21(36-17(3)40)15-18-9-5-4-6-10-18/h4-6,9-10,16,19-22H,7-8,11-15H2,1-3H3,(H2,29,41)(H,36,40)(H,37,42)(H,38,44)(H,39,43)(H4,30,31,34)(H4,32,33,35)/t19-,20-,21-,22-/m0/s1. The Bertz CT molecular complexity index is 1170. The second-order valence-electron chi connectivity index (χ2n) is 10.6. The van der Waals surface area contributed by atoms with Crippen molar-refractivity contribution in [2.24, 2.45) is 44.6 Å². The largest absolute Gasteiger partial charge is 0.370 e. The molecule has 0 saturated heterocycles. The lowest BCUT2D eigenvalue weighted by atomic mass is 10.0. The number of rotatable bonds is 19. The molecule has 0 radical (unpaired) electrons. The van der Waals surface area contributed by atoms with Gasteiger partial charge in [-0.25, -0.2) is 0 Å². The molecule has 1 aromatic rings. The van der Waals surface area contributed by atoms with Gasteiger partial charge in [-0.2, -0.15) is 0 Å². The van der Waals surface area contributed by atoms with Gasteiger partial charge < -0.3 is 49.9 Å². The van der Waals surface area contributed by atoms with Gasteiger partial charge in [-0.3, -0.25) is 34.0 Å². The van der Waals surface area contributed by atoms with Gasteiger partial charge in [0.25, 0.3) is 0 Å². The molecule has 1 rings (SSSR count). The normalized spacial score (nSPS) is 13.4. The van der Waals surface area contributed by atoms with E-state index in [1.807, 2.05) is 18.2 Å².